The lowest BCUT2D eigenvalue weighted by atomic mass is 10.1. The number of carboxylic acids is 1. The molecule has 0 unspecified atom stereocenters. The first kappa shape index (κ1) is 16.6. The number of hydrogen-bond donors (Lipinski definition) is 1. The molecule has 0 amide bonds. The summed E-state index contributed by atoms with van der Waals surface area (Å²) >= 11 is 0. The maximum Gasteiger partial charge on any atom is 0.340 e. The van der Waals surface area contributed by atoms with Crippen molar-refractivity contribution >= 4 is 16.9 Å². The van der Waals surface area contributed by atoms with E-state index in [1.54, 1.807) is 49.6 Å². The molecule has 0 radical (unpaired) electrons. The third-order valence-corrected chi connectivity index (χ3v) is 3.71. The Balaban J connectivity index is 2.10. The first-order valence-corrected chi connectivity index (χ1v) is 7.71. The molecule has 25 heavy (non-hydrogen) atoms. The van der Waals surface area contributed by atoms with E-state index in [2.05, 4.69) is 6.58 Å². The molecule has 0 spiro atoms. The summed E-state index contributed by atoms with van der Waals surface area (Å²) in [6.45, 7) is 6.02. The summed E-state index contributed by atoms with van der Waals surface area (Å²) in [6, 6.07) is 12.2. The minimum atomic E-state index is -1.05. The van der Waals surface area contributed by atoms with Crippen LogP contribution in [-0.4, -0.2) is 24.8 Å². The summed E-state index contributed by atoms with van der Waals surface area (Å²) < 4.78 is 16.5. The van der Waals surface area contributed by atoms with Crippen molar-refractivity contribution in [1.29, 1.82) is 0 Å². The predicted molar refractivity (Wildman–Crippen MR) is 95.5 cm³/mol. The van der Waals surface area contributed by atoms with Crippen LogP contribution in [-0.2, 0) is 0 Å². The lowest BCUT2D eigenvalue weighted by Gasteiger charge is -2.05. The zero-order valence-corrected chi connectivity index (χ0v) is 14.0. The molecule has 0 aliphatic carbocycles. The third-order valence-electron chi connectivity index (χ3n) is 3.71. The molecule has 0 atom stereocenters. The van der Waals surface area contributed by atoms with Gasteiger partial charge in [-0.3, -0.25) is 0 Å². The molecular formula is C20H18O5. The summed E-state index contributed by atoms with van der Waals surface area (Å²) in [5.74, 6) is 0.510. The van der Waals surface area contributed by atoms with Gasteiger partial charge in [0.2, 0.25) is 0 Å². The number of carboxylic acid groups (broad SMARTS) is 1. The topological polar surface area (TPSA) is 68.9 Å². The van der Waals surface area contributed by atoms with Gasteiger partial charge in [-0.1, -0.05) is 6.58 Å². The van der Waals surface area contributed by atoms with E-state index < -0.39 is 5.97 Å². The highest BCUT2D eigenvalue weighted by Gasteiger charge is 2.22. The minimum absolute atomic E-state index is 0.112. The largest absolute Gasteiger partial charge is 0.497 e. The number of methoxy groups -OCH3 is 1. The summed E-state index contributed by atoms with van der Waals surface area (Å²) in [4.78, 5) is 11.8. The van der Waals surface area contributed by atoms with E-state index in [1.165, 1.54) is 0 Å². The Kier molecular flexibility index (Phi) is 4.48. The van der Waals surface area contributed by atoms with Crippen LogP contribution in [0.25, 0.3) is 22.3 Å². The number of rotatable bonds is 6. The second-order valence-corrected chi connectivity index (χ2v) is 5.74. The minimum Gasteiger partial charge on any atom is -0.497 e. The highest BCUT2D eigenvalue weighted by Crippen LogP contribution is 2.36. The van der Waals surface area contributed by atoms with Crippen LogP contribution < -0.4 is 9.47 Å². The standard InChI is InChI=1S/C20H18O5/c1-12(2)11-24-15-8-9-17-16(10-15)18(20(21)22)19(25-17)13-4-6-14(23-3)7-5-13/h4-10H,1,11H2,2-3H3,(H,21,22). The van der Waals surface area contributed by atoms with E-state index in [0.29, 0.717) is 40.4 Å². The monoisotopic (exact) mass is 338 g/mol. The second-order valence-electron chi connectivity index (χ2n) is 5.74. The molecule has 1 heterocycles. The molecule has 0 saturated carbocycles. The van der Waals surface area contributed by atoms with Crippen molar-refractivity contribution in [1.82, 2.24) is 0 Å². The molecule has 128 valence electrons. The number of aromatic carboxylic acids is 1. The van der Waals surface area contributed by atoms with E-state index in [4.69, 9.17) is 13.9 Å². The molecule has 0 fully saturated rings. The zero-order valence-electron chi connectivity index (χ0n) is 14.0. The molecule has 3 aromatic rings. The van der Waals surface area contributed by atoms with Crippen LogP contribution in [0.5, 0.6) is 11.5 Å². The molecular weight excluding hydrogens is 320 g/mol. The Morgan fingerprint density at radius 2 is 1.84 bits per heavy atom. The maximum absolute atomic E-state index is 11.8. The first-order chi connectivity index (χ1) is 12.0. The number of furan rings is 1. The average molecular weight is 338 g/mol. The second kappa shape index (κ2) is 6.73. The quantitative estimate of drug-likeness (QED) is 0.656. The van der Waals surface area contributed by atoms with Crippen LogP contribution >= 0.6 is 0 Å². The van der Waals surface area contributed by atoms with Gasteiger partial charge in [0, 0.05) is 10.9 Å². The van der Waals surface area contributed by atoms with Crippen molar-refractivity contribution in [2.24, 2.45) is 0 Å². The van der Waals surface area contributed by atoms with E-state index in [9.17, 15) is 9.90 Å². The highest BCUT2D eigenvalue weighted by atomic mass is 16.5. The molecule has 5 heteroatoms. The van der Waals surface area contributed by atoms with E-state index in [1.807, 2.05) is 6.92 Å². The summed E-state index contributed by atoms with van der Waals surface area (Å²) in [7, 11) is 1.57. The molecule has 3 rings (SSSR count). The van der Waals surface area contributed by atoms with E-state index in [0.717, 1.165) is 5.57 Å². The van der Waals surface area contributed by atoms with Gasteiger partial charge in [-0.25, -0.2) is 4.79 Å². The van der Waals surface area contributed by atoms with Gasteiger partial charge in [-0.2, -0.15) is 0 Å². The van der Waals surface area contributed by atoms with Crippen molar-refractivity contribution < 1.29 is 23.8 Å². The maximum atomic E-state index is 11.8. The SMILES string of the molecule is C=C(C)COc1ccc2oc(-c3ccc(OC)cc3)c(C(=O)O)c2c1. The van der Waals surface area contributed by atoms with Crippen molar-refractivity contribution in [2.45, 2.75) is 6.92 Å². The van der Waals surface area contributed by atoms with Gasteiger partial charge < -0.3 is 19.0 Å². The lowest BCUT2D eigenvalue weighted by molar-refractivity contribution is 0.0699. The fourth-order valence-electron chi connectivity index (χ4n) is 2.53. The number of hydrogen-bond acceptors (Lipinski definition) is 4. The Hall–Kier alpha value is -3.21. The van der Waals surface area contributed by atoms with Crippen LogP contribution in [0.3, 0.4) is 0 Å². The molecule has 1 N–H and O–H groups in total. The summed E-state index contributed by atoms with van der Waals surface area (Å²) in [5, 5.41) is 10.2. The molecule has 1 aromatic heterocycles. The van der Waals surface area contributed by atoms with Crippen molar-refractivity contribution in [2.75, 3.05) is 13.7 Å². The lowest BCUT2D eigenvalue weighted by Crippen LogP contribution is -1.99. The normalized spacial score (nSPS) is 10.6. The third kappa shape index (κ3) is 3.35. The van der Waals surface area contributed by atoms with Gasteiger partial charge in [0.25, 0.3) is 0 Å². The average Bonchev–Trinajstić information content (AvgIpc) is 2.98. The van der Waals surface area contributed by atoms with Crippen LogP contribution in [0.2, 0.25) is 0 Å². The van der Waals surface area contributed by atoms with Crippen LogP contribution in [0.15, 0.2) is 59.0 Å². The van der Waals surface area contributed by atoms with E-state index in [-0.39, 0.29) is 5.56 Å². The molecule has 5 nitrogen and oxygen atoms in total. The summed E-state index contributed by atoms with van der Waals surface area (Å²) in [5.41, 5.74) is 2.15. The van der Waals surface area contributed by atoms with E-state index >= 15 is 0 Å². The fraction of sp³-hybridized carbons (Fsp3) is 0.150. The molecule has 0 saturated heterocycles. The number of ether oxygens (including phenoxy) is 2. The van der Waals surface area contributed by atoms with Crippen LogP contribution in [0, 0.1) is 0 Å². The predicted octanol–water partition coefficient (Wildman–Crippen LogP) is 4.76. The van der Waals surface area contributed by atoms with Crippen LogP contribution in [0.4, 0.5) is 0 Å². The van der Waals surface area contributed by atoms with Crippen molar-refractivity contribution in [3.05, 3.63) is 60.2 Å². The van der Waals surface area contributed by atoms with Crippen LogP contribution in [0.1, 0.15) is 17.3 Å². The van der Waals surface area contributed by atoms with Gasteiger partial charge in [-0.15, -0.1) is 0 Å². The highest BCUT2D eigenvalue weighted by molar-refractivity contribution is 6.08. The molecule has 0 bridgehead atoms. The van der Waals surface area contributed by atoms with Crippen molar-refractivity contribution in [3.8, 4) is 22.8 Å². The number of benzene rings is 2. The van der Waals surface area contributed by atoms with Gasteiger partial charge in [0.1, 0.15) is 35.0 Å². The Labute approximate surface area is 145 Å². The molecule has 0 aliphatic heterocycles. The Bertz CT molecular complexity index is 935. The van der Waals surface area contributed by atoms with Gasteiger partial charge in [-0.05, 0) is 55.0 Å². The smallest absolute Gasteiger partial charge is 0.340 e. The Morgan fingerprint density at radius 1 is 1.16 bits per heavy atom. The fourth-order valence-corrected chi connectivity index (χ4v) is 2.53. The molecule has 0 aliphatic rings. The molecule has 2 aromatic carbocycles. The van der Waals surface area contributed by atoms with Gasteiger partial charge in [0.15, 0.2) is 0 Å². The van der Waals surface area contributed by atoms with Gasteiger partial charge in [0.05, 0.1) is 7.11 Å². The van der Waals surface area contributed by atoms with Gasteiger partial charge >= 0.3 is 5.97 Å². The zero-order chi connectivity index (χ0) is 18.0. The summed E-state index contributed by atoms with van der Waals surface area (Å²) in [6.07, 6.45) is 0. The Morgan fingerprint density at radius 3 is 2.44 bits per heavy atom. The first-order valence-electron chi connectivity index (χ1n) is 7.71. The van der Waals surface area contributed by atoms with Crippen molar-refractivity contribution in [3.63, 3.8) is 0 Å². The number of fused-ring (bicyclic) bond motifs is 1. The number of carbonyl (C=O) groups is 1.